The Hall–Kier alpha value is -2.35. The van der Waals surface area contributed by atoms with E-state index in [0.717, 1.165) is 19.3 Å². The van der Waals surface area contributed by atoms with Crippen LogP contribution in [0.25, 0.3) is 0 Å². The number of nitrogens with zero attached hydrogens (tertiary/aromatic N) is 3. The van der Waals surface area contributed by atoms with Gasteiger partial charge in [-0.15, -0.1) is 0 Å². The summed E-state index contributed by atoms with van der Waals surface area (Å²) in [5.74, 6) is 0.229. The van der Waals surface area contributed by atoms with E-state index < -0.39 is 17.5 Å². The molecule has 1 aliphatic rings. The Morgan fingerprint density at radius 1 is 1.52 bits per heavy atom. The number of aromatic nitrogens is 3. The first-order valence-corrected chi connectivity index (χ1v) is 6.71. The Morgan fingerprint density at radius 2 is 2.29 bits per heavy atom. The molecule has 3 N–H and O–H groups in total. The molecule has 1 unspecified atom stereocenters. The minimum atomic E-state index is -1.32. The van der Waals surface area contributed by atoms with Crippen molar-refractivity contribution in [3.05, 3.63) is 34.3 Å². The third-order valence-corrected chi connectivity index (χ3v) is 3.79. The van der Waals surface area contributed by atoms with Crippen LogP contribution >= 0.6 is 0 Å². The molecule has 0 aliphatic heterocycles. The van der Waals surface area contributed by atoms with Crippen molar-refractivity contribution in [1.82, 2.24) is 14.7 Å². The second-order valence-electron chi connectivity index (χ2n) is 5.16. The Bertz CT molecular complexity index is 691. The zero-order chi connectivity index (χ0) is 15.0. The number of rotatable bonds is 4. The lowest BCUT2D eigenvalue weighted by Crippen LogP contribution is -2.29. The maximum atomic E-state index is 12.1. The summed E-state index contributed by atoms with van der Waals surface area (Å²) in [4.78, 5) is 16.3. The molecule has 112 valence electrons. The van der Waals surface area contributed by atoms with Crippen LogP contribution in [0.4, 0.5) is 5.69 Å². The molecule has 2 aromatic heterocycles. The summed E-state index contributed by atoms with van der Waals surface area (Å²) in [6.07, 6.45) is 4.36. The average molecular weight is 292 g/mol. The van der Waals surface area contributed by atoms with Crippen LogP contribution in [0.2, 0.25) is 0 Å². The van der Waals surface area contributed by atoms with Crippen molar-refractivity contribution in [3.8, 4) is 5.75 Å². The molecule has 0 bridgehead atoms. The lowest BCUT2D eigenvalue weighted by atomic mass is 9.84. The third-order valence-electron chi connectivity index (χ3n) is 3.79. The molecule has 2 heterocycles. The molecule has 1 atom stereocenters. The third kappa shape index (κ3) is 2.38. The summed E-state index contributed by atoms with van der Waals surface area (Å²) in [6, 6.07) is 0. The SMILES string of the molecule is Cn1c(C2CCC2)nc(C(O)Nc2cnoc2)c(O)c1=O. The van der Waals surface area contributed by atoms with Crippen molar-refractivity contribution in [2.75, 3.05) is 5.32 Å². The first-order valence-electron chi connectivity index (χ1n) is 6.71. The maximum Gasteiger partial charge on any atom is 0.295 e. The Kier molecular flexibility index (Phi) is 3.38. The quantitative estimate of drug-likeness (QED) is 0.716. The molecule has 3 rings (SSSR count). The van der Waals surface area contributed by atoms with Gasteiger partial charge in [-0.05, 0) is 12.8 Å². The Morgan fingerprint density at radius 3 is 2.86 bits per heavy atom. The van der Waals surface area contributed by atoms with Gasteiger partial charge < -0.3 is 20.1 Å². The lowest BCUT2D eigenvalue weighted by molar-refractivity contribution is 0.195. The summed E-state index contributed by atoms with van der Waals surface area (Å²) in [5, 5.41) is 26.2. The fourth-order valence-corrected chi connectivity index (χ4v) is 2.35. The van der Waals surface area contributed by atoms with Crippen LogP contribution in [-0.4, -0.2) is 24.9 Å². The Labute approximate surface area is 120 Å². The van der Waals surface area contributed by atoms with Gasteiger partial charge in [-0.2, -0.15) is 0 Å². The molecule has 8 nitrogen and oxygen atoms in total. The molecular formula is C13H16N4O4. The van der Waals surface area contributed by atoms with Crippen LogP contribution in [-0.2, 0) is 7.05 Å². The number of aromatic hydroxyl groups is 1. The van der Waals surface area contributed by atoms with Gasteiger partial charge in [0.25, 0.3) is 5.56 Å². The Balaban J connectivity index is 1.97. The zero-order valence-electron chi connectivity index (χ0n) is 11.5. The predicted octanol–water partition coefficient (Wildman–Crippen LogP) is 0.844. The van der Waals surface area contributed by atoms with Gasteiger partial charge in [-0.1, -0.05) is 11.6 Å². The molecule has 1 aliphatic carbocycles. The smallest absolute Gasteiger partial charge is 0.295 e. The van der Waals surface area contributed by atoms with Crippen LogP contribution in [0.15, 0.2) is 21.8 Å². The number of hydrogen-bond acceptors (Lipinski definition) is 7. The average Bonchev–Trinajstić information content (AvgIpc) is 2.90. The van der Waals surface area contributed by atoms with Crippen LogP contribution in [0.5, 0.6) is 5.75 Å². The van der Waals surface area contributed by atoms with E-state index in [1.807, 2.05) is 0 Å². The first-order chi connectivity index (χ1) is 10.1. The van der Waals surface area contributed by atoms with Crippen molar-refractivity contribution in [1.29, 1.82) is 0 Å². The molecule has 1 saturated carbocycles. The first kappa shape index (κ1) is 13.6. The van der Waals surface area contributed by atoms with E-state index in [1.54, 1.807) is 7.05 Å². The lowest BCUT2D eigenvalue weighted by Gasteiger charge is -2.27. The van der Waals surface area contributed by atoms with Gasteiger partial charge in [-0.3, -0.25) is 9.36 Å². The van der Waals surface area contributed by atoms with E-state index in [2.05, 4.69) is 20.0 Å². The van der Waals surface area contributed by atoms with Crippen molar-refractivity contribution < 1.29 is 14.7 Å². The summed E-state index contributed by atoms with van der Waals surface area (Å²) in [6.45, 7) is 0. The van der Waals surface area contributed by atoms with E-state index in [1.165, 1.54) is 17.0 Å². The normalized spacial score (nSPS) is 16.5. The van der Waals surface area contributed by atoms with Gasteiger partial charge in [0.2, 0.25) is 5.75 Å². The molecule has 0 amide bonds. The number of nitrogens with one attached hydrogen (secondary N) is 1. The highest BCUT2D eigenvalue weighted by Gasteiger charge is 2.28. The minimum absolute atomic E-state index is 0.0822. The van der Waals surface area contributed by atoms with Gasteiger partial charge in [0.05, 0.1) is 11.9 Å². The summed E-state index contributed by atoms with van der Waals surface area (Å²) in [5.41, 5.74) is -0.219. The zero-order valence-corrected chi connectivity index (χ0v) is 11.5. The van der Waals surface area contributed by atoms with Crippen molar-refractivity contribution in [2.24, 2.45) is 7.05 Å². The van der Waals surface area contributed by atoms with Crippen LogP contribution in [0.1, 0.15) is 42.9 Å². The monoisotopic (exact) mass is 292 g/mol. The van der Waals surface area contributed by atoms with E-state index in [9.17, 15) is 15.0 Å². The molecule has 21 heavy (non-hydrogen) atoms. The van der Waals surface area contributed by atoms with E-state index >= 15 is 0 Å². The van der Waals surface area contributed by atoms with Gasteiger partial charge in [0.15, 0.2) is 6.23 Å². The minimum Gasteiger partial charge on any atom is -0.502 e. The highest BCUT2D eigenvalue weighted by Crippen LogP contribution is 2.35. The highest BCUT2D eigenvalue weighted by molar-refractivity contribution is 5.40. The topological polar surface area (TPSA) is 113 Å². The standard InChI is InChI=1S/C13H16N4O4/c1-17-11(7-3-2-4-7)16-9(10(18)13(17)20)12(19)15-8-5-14-21-6-8/h5-7,12,15,18-19H,2-4H2,1H3. The molecule has 2 aromatic rings. The molecule has 0 spiro atoms. The van der Waals surface area contributed by atoms with Gasteiger partial charge in [0.1, 0.15) is 17.8 Å². The fourth-order valence-electron chi connectivity index (χ4n) is 2.35. The number of anilines is 1. The number of aliphatic hydroxyl groups is 1. The van der Waals surface area contributed by atoms with Gasteiger partial charge in [-0.25, -0.2) is 4.98 Å². The largest absolute Gasteiger partial charge is 0.502 e. The van der Waals surface area contributed by atoms with Crippen molar-refractivity contribution in [3.63, 3.8) is 0 Å². The molecule has 1 fully saturated rings. The van der Waals surface area contributed by atoms with Crippen LogP contribution in [0.3, 0.4) is 0 Å². The van der Waals surface area contributed by atoms with E-state index in [-0.39, 0.29) is 11.6 Å². The van der Waals surface area contributed by atoms with Gasteiger partial charge in [0, 0.05) is 13.0 Å². The highest BCUT2D eigenvalue weighted by atomic mass is 16.5. The van der Waals surface area contributed by atoms with Crippen LogP contribution in [0, 0.1) is 0 Å². The van der Waals surface area contributed by atoms with E-state index in [4.69, 9.17) is 0 Å². The molecular weight excluding hydrogens is 276 g/mol. The van der Waals surface area contributed by atoms with Crippen LogP contribution < -0.4 is 10.9 Å². The summed E-state index contributed by atoms with van der Waals surface area (Å²) < 4.78 is 5.98. The van der Waals surface area contributed by atoms with E-state index in [0.29, 0.717) is 11.5 Å². The second kappa shape index (κ2) is 5.21. The fraction of sp³-hybridized carbons (Fsp3) is 0.462. The second-order valence-corrected chi connectivity index (χ2v) is 5.16. The van der Waals surface area contributed by atoms with Crippen molar-refractivity contribution >= 4 is 5.69 Å². The number of aliphatic hydroxyl groups excluding tert-OH is 1. The van der Waals surface area contributed by atoms with Crippen molar-refractivity contribution in [2.45, 2.75) is 31.4 Å². The molecule has 0 aromatic carbocycles. The summed E-state index contributed by atoms with van der Waals surface area (Å²) >= 11 is 0. The summed E-state index contributed by atoms with van der Waals surface area (Å²) in [7, 11) is 1.58. The predicted molar refractivity (Wildman–Crippen MR) is 72.8 cm³/mol. The molecule has 0 radical (unpaired) electrons. The number of hydrogen-bond donors (Lipinski definition) is 3. The maximum absolute atomic E-state index is 12.1. The molecule has 8 heteroatoms. The van der Waals surface area contributed by atoms with Gasteiger partial charge >= 0.3 is 0 Å². The molecule has 0 saturated heterocycles.